The van der Waals surface area contributed by atoms with E-state index in [0.717, 1.165) is 69.4 Å². The molecule has 0 unspecified atom stereocenters. The van der Waals surface area contributed by atoms with Crippen LogP contribution in [0.25, 0.3) is 0 Å². The molecule has 3 aromatic rings. The zero-order chi connectivity index (χ0) is 27.0. The summed E-state index contributed by atoms with van der Waals surface area (Å²) < 4.78 is 17.8. The van der Waals surface area contributed by atoms with E-state index in [0.29, 0.717) is 41.1 Å². The molecule has 3 heterocycles. The van der Waals surface area contributed by atoms with Gasteiger partial charge in [-0.15, -0.1) is 11.3 Å². The number of anilines is 2. The molecule has 1 saturated heterocycles. The molecule has 1 aromatic heterocycles. The Kier molecular flexibility index (Phi) is 9.58. The lowest BCUT2D eigenvalue weighted by Crippen LogP contribution is -2.36. The molecule has 1 fully saturated rings. The molecule has 0 spiro atoms. The van der Waals surface area contributed by atoms with E-state index in [1.54, 1.807) is 29.5 Å². The Morgan fingerprint density at radius 2 is 1.77 bits per heavy atom. The molecule has 0 aliphatic carbocycles. The van der Waals surface area contributed by atoms with Gasteiger partial charge < -0.3 is 24.4 Å². The first kappa shape index (κ1) is 27.7. The normalized spacial score (nSPS) is 17.9. The predicted molar refractivity (Wildman–Crippen MR) is 156 cm³/mol. The standard InChI is InChI=1S/C29H35ClN4O4S/c1-21-27(39-29(31-21)34-13-16-36-17-14-34)19-33-12-6-2-3-7-15-37-25-8-4-5-9-26(25)38-24-11-10-22(30)18-23(24)32-28(35)20-33/h4-5,8-11,18H,2-3,6-7,12-17,19-20H2,1H3,(H,32,35). The van der Waals surface area contributed by atoms with Gasteiger partial charge in [-0.25, -0.2) is 4.98 Å². The molecule has 39 heavy (non-hydrogen) atoms. The van der Waals surface area contributed by atoms with Crippen molar-refractivity contribution in [2.24, 2.45) is 0 Å². The van der Waals surface area contributed by atoms with Crippen LogP contribution in [0.4, 0.5) is 10.8 Å². The van der Waals surface area contributed by atoms with Gasteiger partial charge in [-0.1, -0.05) is 36.6 Å². The minimum absolute atomic E-state index is 0.116. The first-order valence-corrected chi connectivity index (χ1v) is 14.7. The summed E-state index contributed by atoms with van der Waals surface area (Å²) in [5.41, 5.74) is 1.55. The summed E-state index contributed by atoms with van der Waals surface area (Å²) in [6, 6.07) is 12.8. The molecular weight excluding hydrogens is 536 g/mol. The molecule has 2 aromatic carbocycles. The first-order valence-electron chi connectivity index (χ1n) is 13.6. The highest BCUT2D eigenvalue weighted by Crippen LogP contribution is 2.37. The Bertz CT molecular complexity index is 1260. The van der Waals surface area contributed by atoms with Crippen molar-refractivity contribution in [3.63, 3.8) is 0 Å². The number of fused-ring (bicyclic) bond motifs is 2. The van der Waals surface area contributed by atoms with Gasteiger partial charge in [0.2, 0.25) is 5.91 Å². The van der Waals surface area contributed by atoms with Crippen LogP contribution in [0.5, 0.6) is 17.2 Å². The fourth-order valence-corrected chi connectivity index (χ4v) is 6.02. The maximum absolute atomic E-state index is 13.3. The summed E-state index contributed by atoms with van der Waals surface area (Å²) in [6.07, 6.45) is 4.09. The van der Waals surface area contributed by atoms with Crippen LogP contribution in [-0.4, -0.2) is 61.8 Å². The summed E-state index contributed by atoms with van der Waals surface area (Å²) in [5, 5.41) is 4.59. The van der Waals surface area contributed by atoms with Crippen molar-refractivity contribution in [2.75, 3.05) is 56.2 Å². The maximum atomic E-state index is 13.3. The van der Waals surface area contributed by atoms with Crippen molar-refractivity contribution in [1.29, 1.82) is 0 Å². The second-order valence-electron chi connectivity index (χ2n) is 9.82. The van der Waals surface area contributed by atoms with E-state index in [4.69, 9.17) is 30.8 Å². The van der Waals surface area contributed by atoms with Gasteiger partial charge in [0, 0.05) is 29.5 Å². The number of carbonyl (C=O) groups excluding carboxylic acids is 1. The van der Waals surface area contributed by atoms with E-state index in [2.05, 4.69) is 22.0 Å². The number of amides is 1. The SMILES string of the molecule is Cc1nc(N2CCOCC2)sc1CN1CCCCCCOc2ccccc2Oc2ccc(Cl)cc2NC(=O)C1. The van der Waals surface area contributed by atoms with Gasteiger partial charge in [-0.05, 0) is 56.6 Å². The number of nitrogens with zero attached hydrogens (tertiary/aromatic N) is 3. The number of hydrogen-bond acceptors (Lipinski definition) is 8. The van der Waals surface area contributed by atoms with E-state index < -0.39 is 0 Å². The van der Waals surface area contributed by atoms with Gasteiger partial charge in [0.25, 0.3) is 0 Å². The zero-order valence-corrected chi connectivity index (χ0v) is 23.9. The number of morpholine rings is 1. The summed E-state index contributed by atoms with van der Waals surface area (Å²) in [6.45, 7) is 7.61. The minimum atomic E-state index is -0.116. The predicted octanol–water partition coefficient (Wildman–Crippen LogP) is 6.13. The molecule has 10 heteroatoms. The third kappa shape index (κ3) is 7.63. The molecule has 2 aliphatic rings. The molecule has 2 aliphatic heterocycles. The lowest BCUT2D eigenvalue weighted by atomic mass is 10.2. The van der Waals surface area contributed by atoms with Gasteiger partial charge in [0.15, 0.2) is 22.4 Å². The molecule has 1 amide bonds. The lowest BCUT2D eigenvalue weighted by Gasteiger charge is -2.26. The number of ether oxygens (including phenoxy) is 3. The van der Waals surface area contributed by atoms with Gasteiger partial charge in [-0.2, -0.15) is 0 Å². The molecule has 5 rings (SSSR count). The number of rotatable bonds is 3. The van der Waals surface area contributed by atoms with E-state index in [9.17, 15) is 4.79 Å². The number of aromatic nitrogens is 1. The molecular formula is C29H35ClN4O4S. The second kappa shape index (κ2) is 13.5. The van der Waals surface area contributed by atoms with E-state index in [1.807, 2.05) is 24.3 Å². The summed E-state index contributed by atoms with van der Waals surface area (Å²) >= 11 is 8.01. The summed E-state index contributed by atoms with van der Waals surface area (Å²) in [5.74, 6) is 1.67. The average Bonchev–Trinajstić information content (AvgIpc) is 3.30. The lowest BCUT2D eigenvalue weighted by molar-refractivity contribution is -0.117. The Morgan fingerprint density at radius 1 is 0.974 bits per heavy atom. The Morgan fingerprint density at radius 3 is 2.62 bits per heavy atom. The quantitative estimate of drug-likeness (QED) is 0.406. The van der Waals surface area contributed by atoms with Crippen LogP contribution in [0.3, 0.4) is 0 Å². The number of aryl methyl sites for hydroxylation is 1. The van der Waals surface area contributed by atoms with Crippen molar-refractivity contribution < 1.29 is 19.0 Å². The van der Waals surface area contributed by atoms with E-state index in [-0.39, 0.29) is 12.5 Å². The highest BCUT2D eigenvalue weighted by atomic mass is 35.5. The molecule has 0 radical (unpaired) electrons. The summed E-state index contributed by atoms with van der Waals surface area (Å²) in [7, 11) is 0. The van der Waals surface area contributed by atoms with Crippen LogP contribution in [-0.2, 0) is 16.1 Å². The van der Waals surface area contributed by atoms with Crippen molar-refractivity contribution in [2.45, 2.75) is 39.2 Å². The van der Waals surface area contributed by atoms with Crippen LogP contribution < -0.4 is 19.7 Å². The molecule has 8 nitrogen and oxygen atoms in total. The maximum Gasteiger partial charge on any atom is 0.238 e. The number of nitrogens with one attached hydrogen (secondary N) is 1. The van der Waals surface area contributed by atoms with Crippen LogP contribution in [0, 0.1) is 6.92 Å². The van der Waals surface area contributed by atoms with E-state index >= 15 is 0 Å². The number of thiazole rings is 1. The topological polar surface area (TPSA) is 76.2 Å². The molecule has 0 saturated carbocycles. The van der Waals surface area contributed by atoms with Crippen molar-refractivity contribution in [1.82, 2.24) is 9.88 Å². The Balaban J connectivity index is 1.34. The second-order valence-corrected chi connectivity index (χ2v) is 11.3. The van der Waals surface area contributed by atoms with Crippen molar-refractivity contribution >= 4 is 39.7 Å². The Labute approximate surface area is 238 Å². The monoisotopic (exact) mass is 570 g/mol. The van der Waals surface area contributed by atoms with Crippen LogP contribution in [0.15, 0.2) is 42.5 Å². The summed E-state index contributed by atoms with van der Waals surface area (Å²) in [4.78, 5) is 23.8. The number of benzene rings is 2. The van der Waals surface area contributed by atoms with Crippen molar-refractivity contribution in [3.8, 4) is 17.2 Å². The molecule has 208 valence electrons. The van der Waals surface area contributed by atoms with Gasteiger partial charge in [0.05, 0.1) is 37.7 Å². The third-order valence-corrected chi connectivity index (χ3v) is 8.25. The van der Waals surface area contributed by atoms with Gasteiger partial charge >= 0.3 is 0 Å². The first-order chi connectivity index (χ1) is 19.0. The van der Waals surface area contributed by atoms with Gasteiger partial charge in [-0.3, -0.25) is 9.69 Å². The van der Waals surface area contributed by atoms with Gasteiger partial charge in [0.1, 0.15) is 0 Å². The molecule has 0 atom stereocenters. The van der Waals surface area contributed by atoms with Crippen LogP contribution in [0.2, 0.25) is 5.02 Å². The average molecular weight is 571 g/mol. The largest absolute Gasteiger partial charge is 0.490 e. The fraction of sp³-hybridized carbons (Fsp3) is 0.448. The number of halogens is 1. The number of para-hydroxylation sites is 2. The number of hydrogen-bond donors (Lipinski definition) is 1. The highest BCUT2D eigenvalue weighted by Gasteiger charge is 2.20. The van der Waals surface area contributed by atoms with Crippen molar-refractivity contribution in [3.05, 3.63) is 58.1 Å². The highest BCUT2D eigenvalue weighted by molar-refractivity contribution is 7.15. The molecule has 0 bridgehead atoms. The minimum Gasteiger partial charge on any atom is -0.490 e. The van der Waals surface area contributed by atoms with E-state index in [1.165, 1.54) is 4.88 Å². The smallest absolute Gasteiger partial charge is 0.238 e. The third-order valence-electron chi connectivity index (χ3n) is 6.81. The fourth-order valence-electron chi connectivity index (χ4n) is 4.69. The van der Waals surface area contributed by atoms with Crippen LogP contribution >= 0.6 is 22.9 Å². The Hall–Kier alpha value is -2.85. The zero-order valence-electron chi connectivity index (χ0n) is 22.3. The molecule has 1 N–H and O–H groups in total. The number of carbonyl (C=O) groups is 1. The van der Waals surface area contributed by atoms with Crippen LogP contribution in [0.1, 0.15) is 36.3 Å².